The lowest BCUT2D eigenvalue weighted by Crippen LogP contribution is -3.15. The summed E-state index contributed by atoms with van der Waals surface area (Å²) in [6.45, 7) is 4.39. The second-order valence-corrected chi connectivity index (χ2v) is 8.71. The molecule has 0 spiro atoms. The molecule has 0 bridgehead atoms. The Morgan fingerprint density at radius 3 is 2.48 bits per heavy atom. The van der Waals surface area contributed by atoms with Gasteiger partial charge in [0.15, 0.2) is 0 Å². The van der Waals surface area contributed by atoms with Gasteiger partial charge in [0.2, 0.25) is 10.0 Å². The third-order valence-corrected chi connectivity index (χ3v) is 6.82. The maximum absolute atomic E-state index is 12.6. The van der Waals surface area contributed by atoms with E-state index in [1.807, 2.05) is 30.3 Å². The smallest absolute Gasteiger partial charge is 0.218 e. The number of allylic oxidation sites excluding steroid dienone is 2. The summed E-state index contributed by atoms with van der Waals surface area (Å²) in [5, 5.41) is 0. The highest BCUT2D eigenvalue weighted by atomic mass is 32.2. The molecule has 1 aliphatic heterocycles. The number of piperazine rings is 1. The third-order valence-electron chi connectivity index (χ3n) is 4.97. The highest BCUT2D eigenvalue weighted by Crippen LogP contribution is 2.16. The SMILES string of the molecule is O=S(=O)(Cc1ccccc1)N1CC[NH+](C[C@@H]2CC=CCC2)CC1. The molecule has 2 aliphatic rings. The molecule has 1 saturated heterocycles. The van der Waals surface area contributed by atoms with Gasteiger partial charge in [-0.15, -0.1) is 0 Å². The fourth-order valence-electron chi connectivity index (χ4n) is 3.61. The summed E-state index contributed by atoms with van der Waals surface area (Å²) in [6.07, 6.45) is 8.26. The molecule has 126 valence electrons. The van der Waals surface area contributed by atoms with Crippen LogP contribution < -0.4 is 4.90 Å². The molecule has 0 radical (unpaired) electrons. The molecular weight excluding hydrogens is 308 g/mol. The van der Waals surface area contributed by atoms with Crippen molar-refractivity contribution in [3.05, 3.63) is 48.0 Å². The van der Waals surface area contributed by atoms with Gasteiger partial charge in [0.05, 0.1) is 38.5 Å². The van der Waals surface area contributed by atoms with Crippen molar-refractivity contribution in [2.75, 3.05) is 32.7 Å². The van der Waals surface area contributed by atoms with Crippen LogP contribution in [0.3, 0.4) is 0 Å². The van der Waals surface area contributed by atoms with Crippen molar-refractivity contribution < 1.29 is 13.3 Å². The summed E-state index contributed by atoms with van der Waals surface area (Å²) < 4.78 is 26.8. The van der Waals surface area contributed by atoms with Crippen LogP contribution in [0.5, 0.6) is 0 Å². The molecule has 5 heteroatoms. The molecule has 4 nitrogen and oxygen atoms in total. The van der Waals surface area contributed by atoms with Gasteiger partial charge >= 0.3 is 0 Å². The van der Waals surface area contributed by atoms with Crippen LogP contribution in [0, 0.1) is 5.92 Å². The van der Waals surface area contributed by atoms with E-state index < -0.39 is 10.0 Å². The number of sulfonamides is 1. The van der Waals surface area contributed by atoms with Crippen LogP contribution in [0.2, 0.25) is 0 Å². The first kappa shape index (κ1) is 16.7. The van der Waals surface area contributed by atoms with Gasteiger partial charge in [-0.2, -0.15) is 4.31 Å². The van der Waals surface area contributed by atoms with Gasteiger partial charge in [0, 0.05) is 5.92 Å². The van der Waals surface area contributed by atoms with Crippen LogP contribution in [0.25, 0.3) is 0 Å². The summed E-state index contributed by atoms with van der Waals surface area (Å²) in [7, 11) is -3.18. The average molecular weight is 335 g/mol. The number of nitrogens with zero attached hydrogens (tertiary/aromatic N) is 1. The average Bonchev–Trinajstić information content (AvgIpc) is 2.57. The Morgan fingerprint density at radius 2 is 1.83 bits per heavy atom. The summed E-state index contributed by atoms with van der Waals surface area (Å²) in [5.41, 5.74) is 0.872. The van der Waals surface area contributed by atoms with Crippen molar-refractivity contribution in [1.29, 1.82) is 0 Å². The Hall–Kier alpha value is -1.17. The highest BCUT2D eigenvalue weighted by molar-refractivity contribution is 7.88. The van der Waals surface area contributed by atoms with E-state index in [1.165, 1.54) is 25.8 Å². The van der Waals surface area contributed by atoms with E-state index in [1.54, 1.807) is 9.21 Å². The predicted molar refractivity (Wildman–Crippen MR) is 92.7 cm³/mol. The van der Waals surface area contributed by atoms with Gasteiger partial charge in [-0.1, -0.05) is 42.5 Å². The number of quaternary nitrogens is 1. The molecule has 1 aliphatic carbocycles. The highest BCUT2D eigenvalue weighted by Gasteiger charge is 2.30. The van der Waals surface area contributed by atoms with Crippen molar-refractivity contribution >= 4 is 10.0 Å². The largest absolute Gasteiger partial charge is 0.333 e. The van der Waals surface area contributed by atoms with Crippen molar-refractivity contribution in [3.8, 4) is 0 Å². The van der Waals surface area contributed by atoms with Crippen LogP contribution in [-0.4, -0.2) is 45.4 Å². The number of nitrogens with one attached hydrogen (secondary N) is 1. The zero-order valence-electron chi connectivity index (χ0n) is 13.7. The Kier molecular flexibility index (Phi) is 5.51. The van der Waals surface area contributed by atoms with Gasteiger partial charge in [-0.3, -0.25) is 0 Å². The second kappa shape index (κ2) is 7.60. The normalized spacial score (nSPS) is 23.9. The second-order valence-electron chi connectivity index (χ2n) is 6.75. The lowest BCUT2D eigenvalue weighted by molar-refractivity contribution is -0.907. The minimum Gasteiger partial charge on any atom is -0.333 e. The van der Waals surface area contributed by atoms with E-state index in [0.717, 1.165) is 24.6 Å². The summed E-state index contributed by atoms with van der Waals surface area (Å²) in [6, 6.07) is 9.47. The fraction of sp³-hybridized carbons (Fsp3) is 0.556. The number of rotatable bonds is 5. The molecule has 0 unspecified atom stereocenters. The van der Waals surface area contributed by atoms with Crippen LogP contribution in [0.4, 0.5) is 0 Å². The summed E-state index contributed by atoms with van der Waals surface area (Å²) in [5.74, 6) is 0.902. The molecule has 1 fully saturated rings. The minimum atomic E-state index is -3.18. The number of benzene rings is 1. The Morgan fingerprint density at radius 1 is 1.09 bits per heavy atom. The Labute approximate surface area is 139 Å². The van der Waals surface area contributed by atoms with Crippen LogP contribution in [0.1, 0.15) is 24.8 Å². The molecule has 0 saturated carbocycles. The molecule has 0 aromatic heterocycles. The Bertz CT molecular complexity index is 620. The quantitative estimate of drug-likeness (QED) is 0.818. The molecule has 1 aromatic rings. The van der Waals surface area contributed by atoms with Gasteiger partial charge in [-0.25, -0.2) is 8.42 Å². The first-order valence-corrected chi connectivity index (χ1v) is 10.2. The fourth-order valence-corrected chi connectivity index (χ4v) is 5.15. The van der Waals surface area contributed by atoms with Gasteiger partial charge in [0.25, 0.3) is 0 Å². The predicted octanol–water partition coefficient (Wildman–Crippen LogP) is 1.07. The first-order chi connectivity index (χ1) is 11.1. The lowest BCUT2D eigenvalue weighted by Gasteiger charge is -2.33. The lowest BCUT2D eigenvalue weighted by atomic mass is 9.94. The van der Waals surface area contributed by atoms with E-state index in [-0.39, 0.29) is 5.75 Å². The van der Waals surface area contributed by atoms with Crippen molar-refractivity contribution in [2.45, 2.75) is 25.0 Å². The molecule has 1 aromatic carbocycles. The first-order valence-electron chi connectivity index (χ1n) is 8.64. The summed E-state index contributed by atoms with van der Waals surface area (Å²) >= 11 is 0. The molecule has 1 N–H and O–H groups in total. The maximum Gasteiger partial charge on any atom is 0.218 e. The molecule has 23 heavy (non-hydrogen) atoms. The van der Waals surface area contributed by atoms with E-state index in [4.69, 9.17) is 0 Å². The van der Waals surface area contributed by atoms with E-state index >= 15 is 0 Å². The third kappa shape index (κ3) is 4.66. The summed E-state index contributed by atoms with van der Waals surface area (Å²) in [4.78, 5) is 1.57. The van der Waals surface area contributed by atoms with Crippen molar-refractivity contribution in [2.24, 2.45) is 5.92 Å². The zero-order valence-corrected chi connectivity index (χ0v) is 14.5. The zero-order chi connectivity index (χ0) is 16.1. The van der Waals surface area contributed by atoms with Gasteiger partial charge in [-0.05, 0) is 24.8 Å². The number of hydrogen-bond donors (Lipinski definition) is 1. The van der Waals surface area contributed by atoms with Crippen LogP contribution in [0.15, 0.2) is 42.5 Å². The molecule has 1 heterocycles. The van der Waals surface area contributed by atoms with Crippen molar-refractivity contribution in [3.63, 3.8) is 0 Å². The molecule has 0 amide bonds. The molecule has 1 atom stereocenters. The van der Waals surface area contributed by atoms with E-state index in [0.29, 0.717) is 13.1 Å². The van der Waals surface area contributed by atoms with E-state index in [9.17, 15) is 8.42 Å². The minimum absolute atomic E-state index is 0.122. The maximum atomic E-state index is 12.6. The molecular formula is C18H27N2O2S+. The van der Waals surface area contributed by atoms with Crippen molar-refractivity contribution in [1.82, 2.24) is 4.31 Å². The van der Waals surface area contributed by atoms with Crippen LogP contribution in [-0.2, 0) is 15.8 Å². The molecule has 3 rings (SSSR count). The standard InChI is InChI=1S/C18H26N2O2S/c21-23(22,16-18-9-5-2-6-10-18)20-13-11-19(12-14-20)15-17-7-3-1-4-8-17/h1-3,5-6,9-10,17H,4,7-8,11-16H2/p+1/t17-/m1/s1. The topological polar surface area (TPSA) is 41.8 Å². The van der Waals surface area contributed by atoms with E-state index in [2.05, 4.69) is 12.2 Å². The Balaban J connectivity index is 1.50. The van der Waals surface area contributed by atoms with Gasteiger partial charge in [0.1, 0.15) is 0 Å². The van der Waals surface area contributed by atoms with Crippen LogP contribution >= 0.6 is 0 Å². The number of hydrogen-bond acceptors (Lipinski definition) is 2. The van der Waals surface area contributed by atoms with Gasteiger partial charge < -0.3 is 4.90 Å². The monoisotopic (exact) mass is 335 g/mol.